The minimum Gasteiger partial charge on any atom is -0.493 e. The van der Waals surface area contributed by atoms with Crippen LogP contribution in [0.3, 0.4) is 0 Å². The van der Waals surface area contributed by atoms with Gasteiger partial charge in [0.15, 0.2) is 16.6 Å². The van der Waals surface area contributed by atoms with Gasteiger partial charge in [0.2, 0.25) is 11.8 Å². The van der Waals surface area contributed by atoms with Crippen molar-refractivity contribution in [3.8, 4) is 23.1 Å². The Labute approximate surface area is 218 Å². The number of nitrogens with two attached hydrogens (primary N) is 1. The molecular weight excluding hydrogens is 492 g/mol. The van der Waals surface area contributed by atoms with E-state index in [1.54, 1.807) is 24.3 Å². The highest BCUT2D eigenvalue weighted by molar-refractivity contribution is 7.22. The molecule has 0 spiro atoms. The predicted octanol–water partition coefficient (Wildman–Crippen LogP) is 5.20. The van der Waals surface area contributed by atoms with E-state index < -0.39 is 5.91 Å². The minimum absolute atomic E-state index is 0.0497. The summed E-state index contributed by atoms with van der Waals surface area (Å²) in [6, 6.07) is 13.9. The topological polar surface area (TPSA) is 126 Å². The second kappa shape index (κ2) is 10.8. The number of hydrogen-bond donors (Lipinski definition) is 2. The number of rotatable bonds is 9. The number of methoxy groups -OCH3 is 1. The fourth-order valence-electron chi connectivity index (χ4n) is 3.37. The minimum atomic E-state index is -0.654. The van der Waals surface area contributed by atoms with E-state index in [1.165, 1.54) is 30.7 Å². The first kappa shape index (κ1) is 25.9. The van der Waals surface area contributed by atoms with Crippen LogP contribution in [-0.4, -0.2) is 35.5 Å². The second-order valence-corrected chi connectivity index (χ2v) is 10.6. The zero-order chi connectivity index (χ0) is 26.6. The van der Waals surface area contributed by atoms with Crippen LogP contribution in [0, 0.1) is 5.41 Å². The molecular formula is C27H28N4O5S. The molecule has 10 heteroatoms. The maximum absolute atomic E-state index is 12.7. The van der Waals surface area contributed by atoms with E-state index in [4.69, 9.17) is 19.9 Å². The van der Waals surface area contributed by atoms with Crippen LogP contribution in [0.2, 0.25) is 0 Å². The molecule has 9 nitrogen and oxygen atoms in total. The summed E-state index contributed by atoms with van der Waals surface area (Å²) in [6.07, 6.45) is 1.59. The van der Waals surface area contributed by atoms with Crippen LogP contribution in [0.5, 0.6) is 23.1 Å². The largest absolute Gasteiger partial charge is 0.493 e. The van der Waals surface area contributed by atoms with E-state index in [0.29, 0.717) is 28.8 Å². The maximum atomic E-state index is 12.7. The first-order valence-electron chi connectivity index (χ1n) is 11.5. The summed E-state index contributed by atoms with van der Waals surface area (Å²) in [5.74, 6) is 0.659. The number of aromatic nitrogens is 2. The predicted molar refractivity (Wildman–Crippen MR) is 143 cm³/mol. The number of nitrogens with zero attached hydrogens (tertiary/aromatic N) is 2. The molecule has 4 aromatic rings. The molecule has 0 aliphatic carbocycles. The molecule has 3 N–H and O–H groups in total. The number of amides is 2. The molecule has 0 unspecified atom stereocenters. The molecule has 2 aromatic heterocycles. The zero-order valence-electron chi connectivity index (χ0n) is 21.0. The third kappa shape index (κ3) is 6.73. The van der Waals surface area contributed by atoms with Gasteiger partial charge in [-0.1, -0.05) is 38.2 Å². The number of thiazole rings is 1. The van der Waals surface area contributed by atoms with Gasteiger partial charge in [0.1, 0.15) is 11.3 Å². The van der Waals surface area contributed by atoms with Crippen LogP contribution in [0.15, 0.2) is 54.7 Å². The highest BCUT2D eigenvalue weighted by Crippen LogP contribution is 2.33. The van der Waals surface area contributed by atoms with E-state index in [2.05, 4.69) is 36.1 Å². The fourth-order valence-corrected chi connectivity index (χ4v) is 4.23. The molecule has 0 saturated heterocycles. The number of ether oxygens (including phenoxy) is 3. The van der Waals surface area contributed by atoms with Crippen molar-refractivity contribution in [3.63, 3.8) is 0 Å². The number of hydrogen-bond acceptors (Lipinski definition) is 8. The smallest absolute Gasteiger partial charge is 0.254 e. The molecule has 0 aliphatic heterocycles. The first-order chi connectivity index (χ1) is 17.6. The number of pyridine rings is 1. The Morgan fingerprint density at radius 1 is 1.08 bits per heavy atom. The standard InChI is InChI=1S/C27H28N4O5S/c1-27(2,3)15-35-17-8-10-22-19(14-17)30-26(37-22)31-23(32)13-16-7-9-20(21(12-16)34-4)36-25-18(24(28)33)6-5-11-29-25/h5-12,14H,13,15H2,1-4H3,(H2,28,33)(H,30,31,32). The van der Waals surface area contributed by atoms with Crippen molar-refractivity contribution in [2.45, 2.75) is 27.2 Å². The molecule has 0 atom stereocenters. The van der Waals surface area contributed by atoms with Gasteiger partial charge in [0.05, 0.1) is 30.4 Å². The molecule has 0 bridgehead atoms. The normalized spacial score (nSPS) is 11.2. The summed E-state index contributed by atoms with van der Waals surface area (Å²) < 4.78 is 18.0. The van der Waals surface area contributed by atoms with Gasteiger partial charge in [0, 0.05) is 12.3 Å². The molecule has 2 aromatic carbocycles. The Hall–Kier alpha value is -4.18. The lowest BCUT2D eigenvalue weighted by Gasteiger charge is -2.18. The molecule has 0 aliphatic rings. The average Bonchev–Trinajstić information content (AvgIpc) is 3.24. The van der Waals surface area contributed by atoms with Gasteiger partial charge in [-0.05, 0) is 47.4 Å². The van der Waals surface area contributed by atoms with E-state index in [-0.39, 0.29) is 29.2 Å². The highest BCUT2D eigenvalue weighted by Gasteiger charge is 2.16. The SMILES string of the molecule is COc1cc(CC(=O)Nc2nc3cc(OCC(C)(C)C)ccc3s2)ccc1Oc1ncccc1C(N)=O. The van der Waals surface area contributed by atoms with E-state index in [0.717, 1.165) is 16.0 Å². The first-order valence-corrected chi connectivity index (χ1v) is 12.4. The van der Waals surface area contributed by atoms with Gasteiger partial charge in [-0.3, -0.25) is 9.59 Å². The molecule has 0 radical (unpaired) electrons. The monoisotopic (exact) mass is 520 g/mol. The van der Waals surface area contributed by atoms with Gasteiger partial charge in [-0.15, -0.1) is 0 Å². The number of nitrogens with one attached hydrogen (secondary N) is 1. The van der Waals surface area contributed by atoms with Crippen LogP contribution in [0.25, 0.3) is 10.2 Å². The summed E-state index contributed by atoms with van der Waals surface area (Å²) in [5, 5.41) is 3.37. The Balaban J connectivity index is 1.43. The van der Waals surface area contributed by atoms with Crippen LogP contribution < -0.4 is 25.3 Å². The van der Waals surface area contributed by atoms with Crippen LogP contribution in [-0.2, 0) is 11.2 Å². The zero-order valence-corrected chi connectivity index (χ0v) is 21.8. The van der Waals surface area contributed by atoms with Gasteiger partial charge < -0.3 is 25.3 Å². The highest BCUT2D eigenvalue weighted by atomic mass is 32.1. The third-order valence-electron chi connectivity index (χ3n) is 5.11. The van der Waals surface area contributed by atoms with E-state index in [1.807, 2.05) is 18.2 Å². The van der Waals surface area contributed by atoms with Crippen molar-refractivity contribution in [1.82, 2.24) is 9.97 Å². The number of carbonyl (C=O) groups is 2. The lowest BCUT2D eigenvalue weighted by molar-refractivity contribution is -0.115. The molecule has 192 valence electrons. The number of carbonyl (C=O) groups excluding carboxylic acids is 2. The average molecular weight is 521 g/mol. The van der Waals surface area contributed by atoms with Crippen LogP contribution in [0.4, 0.5) is 5.13 Å². The van der Waals surface area contributed by atoms with Gasteiger partial charge in [0.25, 0.3) is 5.91 Å². The number of benzene rings is 2. The van der Waals surface area contributed by atoms with Crippen molar-refractivity contribution < 1.29 is 23.8 Å². The summed E-state index contributed by atoms with van der Waals surface area (Å²) >= 11 is 1.40. The summed E-state index contributed by atoms with van der Waals surface area (Å²) in [4.78, 5) is 33.0. The third-order valence-corrected chi connectivity index (χ3v) is 6.07. The molecule has 2 heterocycles. The summed E-state index contributed by atoms with van der Waals surface area (Å²) in [6.45, 7) is 6.92. The lowest BCUT2D eigenvalue weighted by atomic mass is 9.99. The Morgan fingerprint density at radius 2 is 1.89 bits per heavy atom. The Bertz CT molecular complexity index is 1440. The lowest BCUT2D eigenvalue weighted by Crippen LogP contribution is -2.16. The Morgan fingerprint density at radius 3 is 2.62 bits per heavy atom. The second-order valence-electron chi connectivity index (χ2n) is 9.53. The molecule has 2 amide bonds. The van der Waals surface area contributed by atoms with E-state index >= 15 is 0 Å². The van der Waals surface area contributed by atoms with Gasteiger partial charge in [-0.25, -0.2) is 9.97 Å². The van der Waals surface area contributed by atoms with Crippen LogP contribution in [0.1, 0.15) is 36.7 Å². The summed E-state index contributed by atoms with van der Waals surface area (Å²) in [5.41, 5.74) is 7.07. The van der Waals surface area contributed by atoms with Crippen molar-refractivity contribution in [2.24, 2.45) is 11.1 Å². The van der Waals surface area contributed by atoms with E-state index in [9.17, 15) is 9.59 Å². The fraction of sp³-hybridized carbons (Fsp3) is 0.259. The van der Waals surface area contributed by atoms with Gasteiger partial charge in [-0.2, -0.15) is 0 Å². The van der Waals surface area contributed by atoms with Crippen molar-refractivity contribution >= 4 is 38.5 Å². The quantitative estimate of drug-likeness (QED) is 0.311. The van der Waals surface area contributed by atoms with Gasteiger partial charge >= 0.3 is 0 Å². The number of fused-ring (bicyclic) bond motifs is 1. The molecule has 37 heavy (non-hydrogen) atoms. The molecule has 0 saturated carbocycles. The summed E-state index contributed by atoms with van der Waals surface area (Å²) in [7, 11) is 1.49. The van der Waals surface area contributed by atoms with Crippen molar-refractivity contribution in [3.05, 3.63) is 65.9 Å². The van der Waals surface area contributed by atoms with Crippen molar-refractivity contribution in [1.29, 1.82) is 0 Å². The van der Waals surface area contributed by atoms with Crippen molar-refractivity contribution in [2.75, 3.05) is 19.0 Å². The van der Waals surface area contributed by atoms with Crippen LogP contribution >= 0.6 is 11.3 Å². The number of anilines is 1. The maximum Gasteiger partial charge on any atom is 0.254 e. The number of primary amides is 1. The molecule has 4 rings (SSSR count). The Kier molecular flexibility index (Phi) is 7.58. The molecule has 0 fully saturated rings.